The summed E-state index contributed by atoms with van der Waals surface area (Å²) in [5.41, 5.74) is 0.465. The lowest BCUT2D eigenvalue weighted by atomic mass is 9.97. The van der Waals surface area contributed by atoms with E-state index in [1.54, 1.807) is 13.1 Å². The number of hydrogen-bond acceptors (Lipinski definition) is 5. The lowest BCUT2D eigenvalue weighted by Gasteiger charge is -2.32. The van der Waals surface area contributed by atoms with E-state index in [2.05, 4.69) is 15.2 Å². The van der Waals surface area contributed by atoms with Crippen LogP contribution in [0.2, 0.25) is 0 Å². The summed E-state index contributed by atoms with van der Waals surface area (Å²) in [5, 5.41) is 7.05. The van der Waals surface area contributed by atoms with Crippen molar-refractivity contribution in [2.24, 2.45) is 13.0 Å². The number of halogens is 3. The predicted molar refractivity (Wildman–Crippen MR) is 99.4 cm³/mol. The van der Waals surface area contributed by atoms with Crippen LogP contribution in [0.4, 0.5) is 19.0 Å². The van der Waals surface area contributed by atoms with Crippen molar-refractivity contribution in [2.45, 2.75) is 25.7 Å². The van der Waals surface area contributed by atoms with Crippen LogP contribution in [0.1, 0.15) is 18.4 Å². The molecule has 0 saturated carbocycles. The highest BCUT2D eigenvalue weighted by atomic mass is 19.4. The molecule has 0 radical (unpaired) electrons. The molecule has 2 aromatic rings. The number of amides is 1. The van der Waals surface area contributed by atoms with Crippen LogP contribution in [0.15, 0.2) is 41.2 Å². The van der Waals surface area contributed by atoms with Crippen molar-refractivity contribution in [3.8, 4) is 5.75 Å². The molecule has 156 valence electrons. The Labute approximate surface area is 165 Å². The van der Waals surface area contributed by atoms with Gasteiger partial charge in [-0.05, 0) is 36.6 Å². The molecule has 1 aromatic heterocycles. The maximum atomic E-state index is 12.5. The SMILES string of the molecule is Cn1nc(N2CCC[C@@H](C(=O)NCc3ccc(OC(F)(F)F)cc3)C2)ccc1=O. The quantitative estimate of drug-likeness (QED) is 0.818. The Hall–Kier alpha value is -3.04. The number of piperidine rings is 1. The molecule has 7 nitrogen and oxygen atoms in total. The maximum Gasteiger partial charge on any atom is 0.573 e. The van der Waals surface area contributed by atoms with Crippen LogP contribution in [-0.4, -0.2) is 35.1 Å². The molecular formula is C19H21F3N4O3. The summed E-state index contributed by atoms with van der Waals surface area (Å²) < 4.78 is 41.7. The topological polar surface area (TPSA) is 76.5 Å². The summed E-state index contributed by atoms with van der Waals surface area (Å²) in [4.78, 5) is 26.0. The molecule has 1 amide bonds. The van der Waals surface area contributed by atoms with Crippen molar-refractivity contribution < 1.29 is 22.7 Å². The van der Waals surface area contributed by atoms with E-state index in [0.717, 1.165) is 19.4 Å². The number of nitrogens with zero attached hydrogens (tertiary/aromatic N) is 3. The minimum absolute atomic E-state index is 0.130. The molecular weight excluding hydrogens is 389 g/mol. The first kappa shape index (κ1) is 20.7. The number of ether oxygens (including phenoxy) is 1. The number of carbonyl (C=O) groups excluding carboxylic acids is 1. The highest BCUT2D eigenvalue weighted by molar-refractivity contribution is 5.79. The van der Waals surface area contributed by atoms with Gasteiger partial charge < -0.3 is 15.0 Å². The van der Waals surface area contributed by atoms with E-state index in [1.807, 2.05) is 4.90 Å². The Morgan fingerprint density at radius 1 is 1.24 bits per heavy atom. The fourth-order valence-electron chi connectivity index (χ4n) is 3.20. The number of hydrogen-bond donors (Lipinski definition) is 1. The zero-order valence-electron chi connectivity index (χ0n) is 15.8. The zero-order chi connectivity index (χ0) is 21.0. The number of nitrogens with one attached hydrogen (secondary N) is 1. The molecule has 1 fully saturated rings. The average Bonchev–Trinajstić information content (AvgIpc) is 2.68. The molecule has 0 unspecified atom stereocenters. The predicted octanol–water partition coefficient (Wildman–Crippen LogP) is 2.21. The molecule has 0 bridgehead atoms. The number of benzene rings is 1. The van der Waals surface area contributed by atoms with Gasteiger partial charge in [-0.3, -0.25) is 9.59 Å². The second-order valence-corrected chi connectivity index (χ2v) is 6.85. The van der Waals surface area contributed by atoms with Crippen LogP contribution in [0.25, 0.3) is 0 Å². The first-order valence-corrected chi connectivity index (χ1v) is 9.13. The van der Waals surface area contributed by atoms with E-state index in [0.29, 0.717) is 17.9 Å². The Kier molecular flexibility index (Phi) is 6.09. The van der Waals surface area contributed by atoms with Crippen LogP contribution < -0.4 is 20.5 Å². The molecule has 1 aromatic carbocycles. The van der Waals surface area contributed by atoms with Crippen LogP contribution in [0.3, 0.4) is 0 Å². The highest BCUT2D eigenvalue weighted by Gasteiger charge is 2.31. The van der Waals surface area contributed by atoms with E-state index in [1.165, 1.54) is 35.0 Å². The van der Waals surface area contributed by atoms with Gasteiger partial charge in [-0.25, -0.2) is 4.68 Å². The minimum atomic E-state index is -4.73. The maximum absolute atomic E-state index is 12.5. The lowest BCUT2D eigenvalue weighted by Crippen LogP contribution is -2.43. The van der Waals surface area contributed by atoms with E-state index in [4.69, 9.17) is 0 Å². The van der Waals surface area contributed by atoms with Gasteiger partial charge in [0.05, 0.1) is 5.92 Å². The molecule has 1 aliphatic heterocycles. The Morgan fingerprint density at radius 3 is 2.62 bits per heavy atom. The normalized spacial score (nSPS) is 17.1. The molecule has 0 spiro atoms. The van der Waals surface area contributed by atoms with Crippen molar-refractivity contribution >= 4 is 11.7 Å². The number of rotatable bonds is 5. The molecule has 2 heterocycles. The minimum Gasteiger partial charge on any atom is -0.406 e. The number of alkyl halides is 3. The Balaban J connectivity index is 1.55. The molecule has 1 aliphatic rings. The fourth-order valence-corrected chi connectivity index (χ4v) is 3.20. The van der Waals surface area contributed by atoms with Gasteiger partial charge in [0, 0.05) is 32.7 Å². The van der Waals surface area contributed by atoms with E-state index >= 15 is 0 Å². The summed E-state index contributed by atoms with van der Waals surface area (Å²) in [6.45, 7) is 1.44. The van der Waals surface area contributed by atoms with Gasteiger partial charge in [0.15, 0.2) is 0 Å². The number of anilines is 1. The van der Waals surface area contributed by atoms with Crippen LogP contribution >= 0.6 is 0 Å². The molecule has 1 N–H and O–H groups in total. The summed E-state index contributed by atoms with van der Waals surface area (Å²) in [7, 11) is 1.57. The van der Waals surface area contributed by atoms with Crippen molar-refractivity contribution in [2.75, 3.05) is 18.0 Å². The van der Waals surface area contributed by atoms with Crippen molar-refractivity contribution in [3.63, 3.8) is 0 Å². The van der Waals surface area contributed by atoms with Gasteiger partial charge in [-0.2, -0.15) is 5.10 Å². The first-order valence-electron chi connectivity index (χ1n) is 9.13. The monoisotopic (exact) mass is 410 g/mol. The zero-order valence-corrected chi connectivity index (χ0v) is 15.8. The molecule has 1 saturated heterocycles. The standard InChI is InChI=1S/C19H21F3N4O3/c1-25-17(27)9-8-16(24-25)26-10-2-3-14(12-26)18(28)23-11-13-4-6-15(7-5-13)29-19(20,21)22/h4-9,14H,2-3,10-12H2,1H3,(H,23,28)/t14-/m1/s1. The number of aryl methyl sites for hydroxylation is 1. The molecule has 1 atom stereocenters. The molecule has 29 heavy (non-hydrogen) atoms. The second kappa shape index (κ2) is 8.54. The van der Waals surface area contributed by atoms with E-state index in [-0.39, 0.29) is 29.7 Å². The molecule has 0 aliphatic carbocycles. The van der Waals surface area contributed by atoms with Crippen LogP contribution in [-0.2, 0) is 18.4 Å². The van der Waals surface area contributed by atoms with Crippen molar-refractivity contribution in [1.29, 1.82) is 0 Å². The van der Waals surface area contributed by atoms with Gasteiger partial charge >= 0.3 is 6.36 Å². The summed E-state index contributed by atoms with van der Waals surface area (Å²) in [5.74, 6) is -0.0316. The van der Waals surface area contributed by atoms with Crippen LogP contribution in [0.5, 0.6) is 5.75 Å². The largest absolute Gasteiger partial charge is 0.573 e. The van der Waals surface area contributed by atoms with Crippen molar-refractivity contribution in [3.05, 3.63) is 52.3 Å². The van der Waals surface area contributed by atoms with E-state index in [9.17, 15) is 22.8 Å². The summed E-state index contributed by atoms with van der Waals surface area (Å²) >= 11 is 0. The summed E-state index contributed by atoms with van der Waals surface area (Å²) in [6, 6.07) is 8.46. The van der Waals surface area contributed by atoms with Crippen molar-refractivity contribution in [1.82, 2.24) is 15.1 Å². The van der Waals surface area contributed by atoms with Gasteiger partial charge in [-0.1, -0.05) is 12.1 Å². The third-order valence-corrected chi connectivity index (χ3v) is 4.69. The third-order valence-electron chi connectivity index (χ3n) is 4.69. The number of carbonyl (C=O) groups is 1. The third kappa shape index (κ3) is 5.72. The number of aromatic nitrogens is 2. The van der Waals surface area contributed by atoms with E-state index < -0.39 is 6.36 Å². The van der Waals surface area contributed by atoms with Crippen LogP contribution in [0, 0.1) is 5.92 Å². The fraction of sp³-hybridized carbons (Fsp3) is 0.421. The first-order chi connectivity index (χ1) is 13.7. The molecule has 3 rings (SSSR count). The second-order valence-electron chi connectivity index (χ2n) is 6.85. The smallest absolute Gasteiger partial charge is 0.406 e. The average molecular weight is 410 g/mol. The Bertz CT molecular complexity index is 912. The highest BCUT2D eigenvalue weighted by Crippen LogP contribution is 2.23. The Morgan fingerprint density at radius 2 is 1.97 bits per heavy atom. The summed E-state index contributed by atoms with van der Waals surface area (Å²) in [6.07, 6.45) is -3.19. The van der Waals surface area contributed by atoms with Gasteiger partial charge in [-0.15, -0.1) is 13.2 Å². The van der Waals surface area contributed by atoms with Gasteiger partial charge in [0.1, 0.15) is 11.6 Å². The van der Waals surface area contributed by atoms with Gasteiger partial charge in [0.25, 0.3) is 5.56 Å². The lowest BCUT2D eigenvalue weighted by molar-refractivity contribution is -0.274. The van der Waals surface area contributed by atoms with Gasteiger partial charge in [0.2, 0.25) is 5.91 Å². The molecule has 10 heteroatoms.